The predicted octanol–water partition coefficient (Wildman–Crippen LogP) is 4.21. The molecule has 18 heavy (non-hydrogen) atoms. The highest BCUT2D eigenvalue weighted by Crippen LogP contribution is 2.34. The molecule has 3 heteroatoms. The SMILES string of the molecule is Cc1cc(N2CCC(C(C)C)CC2)c(Br)cc1N. The van der Waals surface area contributed by atoms with Crippen LogP contribution in [0.5, 0.6) is 0 Å². The number of piperidine rings is 1. The third-order valence-corrected chi connectivity index (χ3v) is 4.79. The zero-order valence-electron chi connectivity index (χ0n) is 11.5. The molecule has 0 aromatic heterocycles. The van der Waals surface area contributed by atoms with E-state index in [-0.39, 0.29) is 0 Å². The van der Waals surface area contributed by atoms with Gasteiger partial charge in [-0.2, -0.15) is 0 Å². The molecule has 100 valence electrons. The van der Waals surface area contributed by atoms with Gasteiger partial charge >= 0.3 is 0 Å². The number of nitrogens with zero attached hydrogens (tertiary/aromatic N) is 1. The predicted molar refractivity (Wildman–Crippen MR) is 83.1 cm³/mol. The fourth-order valence-electron chi connectivity index (χ4n) is 2.73. The second kappa shape index (κ2) is 5.52. The highest BCUT2D eigenvalue weighted by Gasteiger charge is 2.22. The van der Waals surface area contributed by atoms with Gasteiger partial charge in [0.2, 0.25) is 0 Å². The van der Waals surface area contributed by atoms with Crippen molar-refractivity contribution in [1.29, 1.82) is 0 Å². The maximum atomic E-state index is 5.93. The number of hydrogen-bond donors (Lipinski definition) is 1. The molecule has 0 amide bonds. The fraction of sp³-hybridized carbons (Fsp3) is 0.600. The van der Waals surface area contributed by atoms with E-state index in [1.54, 1.807) is 0 Å². The minimum absolute atomic E-state index is 0.809. The van der Waals surface area contributed by atoms with Crippen LogP contribution in [0, 0.1) is 18.8 Å². The van der Waals surface area contributed by atoms with Gasteiger partial charge in [0.05, 0.1) is 5.69 Å². The van der Waals surface area contributed by atoms with Crippen molar-refractivity contribution >= 4 is 27.3 Å². The van der Waals surface area contributed by atoms with Crippen LogP contribution < -0.4 is 10.6 Å². The Balaban J connectivity index is 2.12. The monoisotopic (exact) mass is 310 g/mol. The van der Waals surface area contributed by atoms with Crippen LogP contribution in [0.15, 0.2) is 16.6 Å². The summed E-state index contributed by atoms with van der Waals surface area (Å²) in [6.45, 7) is 9.06. The Morgan fingerprint density at radius 3 is 2.44 bits per heavy atom. The number of nitrogens with two attached hydrogens (primary N) is 1. The lowest BCUT2D eigenvalue weighted by Gasteiger charge is -2.36. The number of rotatable bonds is 2. The molecule has 1 aliphatic rings. The fourth-order valence-corrected chi connectivity index (χ4v) is 3.34. The molecule has 1 heterocycles. The van der Waals surface area contributed by atoms with Crippen molar-refractivity contribution in [3.8, 4) is 0 Å². The van der Waals surface area contributed by atoms with Crippen LogP contribution in [-0.4, -0.2) is 13.1 Å². The maximum absolute atomic E-state index is 5.93. The first-order chi connectivity index (χ1) is 8.49. The van der Waals surface area contributed by atoms with E-state index in [0.717, 1.165) is 35.1 Å². The Kier molecular flexibility index (Phi) is 4.21. The second-order valence-electron chi connectivity index (χ2n) is 5.73. The third-order valence-electron chi connectivity index (χ3n) is 4.16. The Hall–Kier alpha value is -0.700. The summed E-state index contributed by atoms with van der Waals surface area (Å²) in [6, 6.07) is 4.23. The van der Waals surface area contributed by atoms with E-state index in [4.69, 9.17) is 5.73 Å². The number of aryl methyl sites for hydroxylation is 1. The molecule has 0 spiro atoms. The summed E-state index contributed by atoms with van der Waals surface area (Å²) < 4.78 is 1.12. The molecular formula is C15H23BrN2. The highest BCUT2D eigenvalue weighted by molar-refractivity contribution is 9.10. The molecule has 0 aliphatic carbocycles. The summed E-state index contributed by atoms with van der Waals surface area (Å²) in [6.07, 6.45) is 2.60. The van der Waals surface area contributed by atoms with Crippen molar-refractivity contribution in [2.45, 2.75) is 33.6 Å². The molecule has 1 aromatic carbocycles. The van der Waals surface area contributed by atoms with Gasteiger partial charge in [-0.25, -0.2) is 0 Å². The average molecular weight is 311 g/mol. The van der Waals surface area contributed by atoms with Gasteiger partial charge in [0, 0.05) is 23.2 Å². The van der Waals surface area contributed by atoms with Gasteiger partial charge < -0.3 is 10.6 Å². The number of halogens is 1. The molecule has 0 bridgehead atoms. The molecule has 0 atom stereocenters. The van der Waals surface area contributed by atoms with Gasteiger partial charge in [-0.05, 0) is 65.2 Å². The van der Waals surface area contributed by atoms with Gasteiger partial charge in [0.25, 0.3) is 0 Å². The Morgan fingerprint density at radius 1 is 1.28 bits per heavy atom. The second-order valence-corrected chi connectivity index (χ2v) is 6.58. The quantitative estimate of drug-likeness (QED) is 0.829. The van der Waals surface area contributed by atoms with Crippen molar-refractivity contribution in [1.82, 2.24) is 0 Å². The lowest BCUT2D eigenvalue weighted by atomic mass is 9.86. The minimum atomic E-state index is 0.809. The van der Waals surface area contributed by atoms with E-state index >= 15 is 0 Å². The number of benzene rings is 1. The Labute approximate surface area is 119 Å². The largest absolute Gasteiger partial charge is 0.398 e. The molecule has 1 aromatic rings. The minimum Gasteiger partial charge on any atom is -0.398 e. The average Bonchev–Trinajstić information content (AvgIpc) is 2.34. The van der Waals surface area contributed by atoms with E-state index < -0.39 is 0 Å². The Bertz CT molecular complexity index is 421. The Morgan fingerprint density at radius 2 is 1.89 bits per heavy atom. The van der Waals surface area contributed by atoms with Gasteiger partial charge in [0.15, 0.2) is 0 Å². The van der Waals surface area contributed by atoms with Crippen molar-refractivity contribution in [2.75, 3.05) is 23.7 Å². The topological polar surface area (TPSA) is 29.3 Å². The molecular weight excluding hydrogens is 288 g/mol. The molecule has 1 fully saturated rings. The summed E-state index contributed by atoms with van der Waals surface area (Å²) in [7, 11) is 0. The van der Waals surface area contributed by atoms with E-state index in [0.29, 0.717) is 0 Å². The van der Waals surface area contributed by atoms with Crippen molar-refractivity contribution < 1.29 is 0 Å². The highest BCUT2D eigenvalue weighted by atomic mass is 79.9. The van der Waals surface area contributed by atoms with E-state index in [1.165, 1.54) is 24.1 Å². The molecule has 1 saturated heterocycles. The molecule has 2 N–H and O–H groups in total. The first-order valence-electron chi connectivity index (χ1n) is 6.79. The molecule has 2 rings (SSSR count). The van der Waals surface area contributed by atoms with E-state index in [2.05, 4.69) is 47.7 Å². The molecule has 2 nitrogen and oxygen atoms in total. The van der Waals surface area contributed by atoms with Crippen molar-refractivity contribution in [3.05, 3.63) is 22.2 Å². The summed E-state index contributed by atoms with van der Waals surface area (Å²) in [5.41, 5.74) is 9.26. The number of hydrogen-bond acceptors (Lipinski definition) is 2. The van der Waals surface area contributed by atoms with Gasteiger partial charge in [-0.15, -0.1) is 0 Å². The zero-order chi connectivity index (χ0) is 13.3. The summed E-state index contributed by atoms with van der Waals surface area (Å²) in [5, 5.41) is 0. The smallest absolute Gasteiger partial charge is 0.0514 e. The van der Waals surface area contributed by atoms with Crippen LogP contribution >= 0.6 is 15.9 Å². The first kappa shape index (κ1) is 13.7. The van der Waals surface area contributed by atoms with Gasteiger partial charge in [-0.1, -0.05) is 13.8 Å². The van der Waals surface area contributed by atoms with E-state index in [9.17, 15) is 0 Å². The lowest BCUT2D eigenvalue weighted by Crippen LogP contribution is -2.35. The zero-order valence-corrected chi connectivity index (χ0v) is 13.1. The molecule has 0 unspecified atom stereocenters. The van der Waals surface area contributed by atoms with Gasteiger partial charge in [-0.3, -0.25) is 0 Å². The first-order valence-corrected chi connectivity index (χ1v) is 7.59. The normalized spacial score (nSPS) is 17.5. The summed E-state index contributed by atoms with van der Waals surface area (Å²) >= 11 is 3.64. The van der Waals surface area contributed by atoms with Crippen LogP contribution in [-0.2, 0) is 0 Å². The standard InChI is InChI=1S/C15H23BrN2/c1-10(2)12-4-6-18(7-5-12)15-8-11(3)14(17)9-13(15)16/h8-10,12H,4-7,17H2,1-3H3. The maximum Gasteiger partial charge on any atom is 0.0514 e. The molecule has 0 radical (unpaired) electrons. The molecule has 0 saturated carbocycles. The lowest BCUT2D eigenvalue weighted by molar-refractivity contribution is 0.311. The summed E-state index contributed by atoms with van der Waals surface area (Å²) in [5.74, 6) is 1.69. The van der Waals surface area contributed by atoms with E-state index in [1.807, 2.05) is 6.07 Å². The molecule has 1 aliphatic heterocycles. The van der Waals surface area contributed by atoms with Crippen LogP contribution in [0.1, 0.15) is 32.3 Å². The van der Waals surface area contributed by atoms with Crippen LogP contribution in [0.25, 0.3) is 0 Å². The van der Waals surface area contributed by atoms with Crippen molar-refractivity contribution in [3.63, 3.8) is 0 Å². The van der Waals surface area contributed by atoms with Crippen LogP contribution in [0.4, 0.5) is 11.4 Å². The van der Waals surface area contributed by atoms with Crippen LogP contribution in [0.2, 0.25) is 0 Å². The van der Waals surface area contributed by atoms with Crippen LogP contribution in [0.3, 0.4) is 0 Å². The van der Waals surface area contributed by atoms with Crippen molar-refractivity contribution in [2.24, 2.45) is 11.8 Å². The number of anilines is 2. The van der Waals surface area contributed by atoms with Gasteiger partial charge in [0.1, 0.15) is 0 Å². The number of nitrogen functional groups attached to an aromatic ring is 1. The third kappa shape index (κ3) is 2.82. The summed E-state index contributed by atoms with van der Waals surface area (Å²) in [4.78, 5) is 2.48.